The van der Waals surface area contributed by atoms with Gasteiger partial charge in [0.05, 0.1) is 14.2 Å². The number of nitrogens with zero attached hydrogens (tertiary/aromatic N) is 4. The first-order chi connectivity index (χ1) is 12.2. The molecule has 7 nitrogen and oxygen atoms in total. The van der Waals surface area contributed by atoms with Gasteiger partial charge in [0.25, 0.3) is 0 Å². The number of hydrogen-bond donors (Lipinski definition) is 1. The Kier molecular flexibility index (Phi) is 5.08. The molecule has 0 amide bonds. The number of hydrogen-bond acceptors (Lipinski definition) is 6. The van der Waals surface area contributed by atoms with Crippen molar-refractivity contribution in [3.8, 4) is 17.4 Å². The van der Waals surface area contributed by atoms with Gasteiger partial charge in [0, 0.05) is 25.0 Å². The van der Waals surface area contributed by atoms with Gasteiger partial charge in [0.15, 0.2) is 11.5 Å². The Balaban J connectivity index is 1.66. The van der Waals surface area contributed by atoms with E-state index in [4.69, 9.17) is 9.47 Å². The van der Waals surface area contributed by atoms with E-state index in [1.165, 1.54) is 12.4 Å². The summed E-state index contributed by atoms with van der Waals surface area (Å²) in [7, 11) is 3.20. The van der Waals surface area contributed by atoms with Crippen LogP contribution in [0.25, 0.3) is 5.95 Å². The zero-order valence-electron chi connectivity index (χ0n) is 13.9. The van der Waals surface area contributed by atoms with Gasteiger partial charge in [-0.1, -0.05) is 6.07 Å². The first kappa shape index (κ1) is 16.7. The zero-order chi connectivity index (χ0) is 17.6. The fraction of sp³-hybridized carbons (Fsp3) is 0.235. The Morgan fingerprint density at radius 1 is 1.12 bits per heavy atom. The number of benzene rings is 1. The average Bonchev–Trinajstić information content (AvgIpc) is 3.16. The number of rotatable bonds is 7. The van der Waals surface area contributed by atoms with E-state index in [-0.39, 0.29) is 5.95 Å². The average molecular weight is 343 g/mol. The van der Waals surface area contributed by atoms with Crippen molar-refractivity contribution in [2.75, 3.05) is 26.1 Å². The van der Waals surface area contributed by atoms with Gasteiger partial charge in [-0.2, -0.15) is 14.4 Å². The maximum Gasteiger partial charge on any atom is 0.239 e. The molecule has 2 aromatic heterocycles. The molecule has 0 unspecified atom stereocenters. The van der Waals surface area contributed by atoms with Crippen LogP contribution in [0.2, 0.25) is 0 Å². The predicted octanol–water partition coefficient (Wildman–Crippen LogP) is 2.47. The smallest absolute Gasteiger partial charge is 0.239 e. The molecule has 0 atom stereocenters. The van der Waals surface area contributed by atoms with E-state index < -0.39 is 5.95 Å². The molecule has 0 saturated carbocycles. The molecule has 1 aromatic carbocycles. The summed E-state index contributed by atoms with van der Waals surface area (Å²) >= 11 is 0. The van der Waals surface area contributed by atoms with Crippen LogP contribution in [0.15, 0.2) is 43.0 Å². The van der Waals surface area contributed by atoms with Crippen molar-refractivity contribution >= 4 is 5.82 Å². The van der Waals surface area contributed by atoms with Crippen molar-refractivity contribution < 1.29 is 13.9 Å². The van der Waals surface area contributed by atoms with Crippen LogP contribution >= 0.6 is 0 Å². The molecule has 0 bridgehead atoms. The second-order valence-corrected chi connectivity index (χ2v) is 5.21. The number of aromatic nitrogens is 4. The molecule has 1 N–H and O–H groups in total. The maximum absolute atomic E-state index is 13.7. The summed E-state index contributed by atoms with van der Waals surface area (Å²) < 4.78 is 25.8. The Morgan fingerprint density at radius 3 is 2.68 bits per heavy atom. The van der Waals surface area contributed by atoms with Crippen LogP contribution < -0.4 is 14.8 Å². The van der Waals surface area contributed by atoms with Gasteiger partial charge in [-0.25, -0.2) is 4.98 Å². The summed E-state index contributed by atoms with van der Waals surface area (Å²) in [6.07, 6.45) is 5.47. The Hall–Kier alpha value is -3.16. The van der Waals surface area contributed by atoms with Crippen LogP contribution in [-0.2, 0) is 6.42 Å². The topological polar surface area (TPSA) is 74.1 Å². The normalized spacial score (nSPS) is 10.5. The van der Waals surface area contributed by atoms with E-state index in [2.05, 4.69) is 20.3 Å². The molecular weight excluding hydrogens is 325 g/mol. The van der Waals surface area contributed by atoms with E-state index in [1.807, 2.05) is 18.2 Å². The highest BCUT2D eigenvalue weighted by atomic mass is 19.1. The van der Waals surface area contributed by atoms with Crippen molar-refractivity contribution in [3.63, 3.8) is 0 Å². The minimum Gasteiger partial charge on any atom is -0.493 e. The Labute approximate surface area is 144 Å². The number of nitrogens with one attached hydrogen (secondary N) is 1. The summed E-state index contributed by atoms with van der Waals surface area (Å²) in [5, 5.41) is 3.11. The maximum atomic E-state index is 13.7. The molecule has 3 aromatic rings. The van der Waals surface area contributed by atoms with Gasteiger partial charge in [0.1, 0.15) is 12.1 Å². The van der Waals surface area contributed by atoms with Gasteiger partial charge in [-0.15, -0.1) is 0 Å². The standard InChI is InChI=1S/C17H18FN5O2/c1-24-13-4-3-12(9-14(13)25-2)5-6-20-16-10-15(18)21-17(22-16)23-8-7-19-11-23/h3-4,7-11H,5-6H2,1-2H3,(H,20,21,22). The van der Waals surface area contributed by atoms with E-state index in [0.717, 1.165) is 5.56 Å². The van der Waals surface area contributed by atoms with Crippen molar-refractivity contribution in [2.45, 2.75) is 6.42 Å². The fourth-order valence-electron chi connectivity index (χ4n) is 2.36. The highest BCUT2D eigenvalue weighted by molar-refractivity contribution is 5.43. The van der Waals surface area contributed by atoms with Crippen LogP contribution in [0.4, 0.5) is 10.2 Å². The van der Waals surface area contributed by atoms with Crippen LogP contribution in [0.5, 0.6) is 11.5 Å². The first-order valence-corrected chi connectivity index (χ1v) is 7.67. The summed E-state index contributed by atoms with van der Waals surface area (Å²) in [6, 6.07) is 6.99. The van der Waals surface area contributed by atoms with Crippen LogP contribution in [0.1, 0.15) is 5.56 Å². The zero-order valence-corrected chi connectivity index (χ0v) is 13.9. The molecule has 0 fully saturated rings. The minimum absolute atomic E-state index is 0.228. The van der Waals surface area contributed by atoms with Gasteiger partial charge < -0.3 is 14.8 Å². The number of methoxy groups -OCH3 is 2. The Morgan fingerprint density at radius 2 is 1.96 bits per heavy atom. The van der Waals surface area contributed by atoms with E-state index >= 15 is 0 Å². The molecular formula is C17H18FN5O2. The van der Waals surface area contributed by atoms with Gasteiger partial charge in [-0.3, -0.25) is 4.57 Å². The molecule has 2 heterocycles. The first-order valence-electron chi connectivity index (χ1n) is 7.67. The van der Waals surface area contributed by atoms with Crippen molar-refractivity contribution in [2.24, 2.45) is 0 Å². The fourth-order valence-corrected chi connectivity index (χ4v) is 2.36. The van der Waals surface area contributed by atoms with Gasteiger partial charge in [-0.05, 0) is 24.1 Å². The lowest BCUT2D eigenvalue weighted by Crippen LogP contribution is -2.10. The SMILES string of the molecule is COc1ccc(CCNc2cc(F)nc(-n3ccnc3)n2)cc1OC. The molecule has 25 heavy (non-hydrogen) atoms. The molecule has 0 aliphatic rings. The second kappa shape index (κ2) is 7.61. The molecule has 0 saturated heterocycles. The number of anilines is 1. The third-order valence-electron chi connectivity index (χ3n) is 3.59. The second-order valence-electron chi connectivity index (χ2n) is 5.21. The summed E-state index contributed by atoms with van der Waals surface area (Å²) in [6.45, 7) is 0.579. The monoisotopic (exact) mass is 343 g/mol. The molecule has 0 spiro atoms. The summed E-state index contributed by atoms with van der Waals surface area (Å²) in [4.78, 5) is 12.0. The van der Waals surface area contributed by atoms with E-state index in [0.29, 0.717) is 30.3 Å². The molecule has 0 radical (unpaired) electrons. The third kappa shape index (κ3) is 4.03. The van der Waals surface area contributed by atoms with E-state index in [9.17, 15) is 4.39 Å². The molecule has 130 valence electrons. The van der Waals surface area contributed by atoms with Crippen LogP contribution in [-0.4, -0.2) is 40.3 Å². The van der Waals surface area contributed by atoms with Crippen LogP contribution in [0.3, 0.4) is 0 Å². The number of imidazole rings is 1. The highest BCUT2D eigenvalue weighted by Gasteiger charge is 2.07. The summed E-state index contributed by atoms with van der Waals surface area (Å²) in [5.74, 6) is 1.40. The van der Waals surface area contributed by atoms with Crippen molar-refractivity contribution in [3.05, 3.63) is 54.5 Å². The largest absolute Gasteiger partial charge is 0.493 e. The lowest BCUT2D eigenvalue weighted by atomic mass is 10.1. The lowest BCUT2D eigenvalue weighted by molar-refractivity contribution is 0.354. The van der Waals surface area contributed by atoms with E-state index in [1.54, 1.807) is 31.2 Å². The molecule has 8 heteroatoms. The predicted molar refractivity (Wildman–Crippen MR) is 90.9 cm³/mol. The van der Waals surface area contributed by atoms with Crippen molar-refractivity contribution in [1.82, 2.24) is 19.5 Å². The van der Waals surface area contributed by atoms with Gasteiger partial charge >= 0.3 is 0 Å². The van der Waals surface area contributed by atoms with Crippen LogP contribution in [0, 0.1) is 5.95 Å². The van der Waals surface area contributed by atoms with Crippen molar-refractivity contribution in [1.29, 1.82) is 0 Å². The molecule has 3 rings (SSSR count). The summed E-state index contributed by atoms with van der Waals surface area (Å²) in [5.41, 5.74) is 1.06. The quantitative estimate of drug-likeness (QED) is 0.665. The molecule has 0 aliphatic heterocycles. The Bertz CT molecular complexity index is 839. The molecule has 0 aliphatic carbocycles. The van der Waals surface area contributed by atoms with Gasteiger partial charge in [0.2, 0.25) is 11.9 Å². The lowest BCUT2D eigenvalue weighted by Gasteiger charge is -2.11. The highest BCUT2D eigenvalue weighted by Crippen LogP contribution is 2.27. The minimum atomic E-state index is -0.604. The number of ether oxygens (including phenoxy) is 2. The third-order valence-corrected chi connectivity index (χ3v) is 3.59. The number of halogens is 1.